The summed E-state index contributed by atoms with van der Waals surface area (Å²) in [6.07, 6.45) is 1.67. The van der Waals surface area contributed by atoms with Crippen LogP contribution in [0.1, 0.15) is 16.1 Å². The molecule has 1 amide bonds. The van der Waals surface area contributed by atoms with E-state index in [1.807, 2.05) is 18.2 Å². The predicted octanol–water partition coefficient (Wildman–Crippen LogP) is 2.90. The molecule has 3 rings (SSSR count). The van der Waals surface area contributed by atoms with Gasteiger partial charge in [-0.05, 0) is 47.8 Å². The summed E-state index contributed by atoms with van der Waals surface area (Å²) in [5.74, 6) is -0.244. The number of hydrogen-bond donors (Lipinski definition) is 1. The van der Waals surface area contributed by atoms with Crippen LogP contribution in [0.25, 0.3) is 0 Å². The minimum Gasteiger partial charge on any atom is -0.346 e. The van der Waals surface area contributed by atoms with Crippen LogP contribution in [0.3, 0.4) is 0 Å². The van der Waals surface area contributed by atoms with Crippen molar-refractivity contribution in [3.05, 3.63) is 77.4 Å². The lowest BCUT2D eigenvalue weighted by atomic mass is 10.2. The van der Waals surface area contributed by atoms with Gasteiger partial charge in [0.05, 0.1) is 17.9 Å². The Kier molecular flexibility index (Phi) is 5.34. The molecule has 0 bridgehead atoms. The third-order valence-corrected chi connectivity index (χ3v) is 6.92. The van der Waals surface area contributed by atoms with Crippen molar-refractivity contribution in [3.63, 3.8) is 0 Å². The molecule has 0 spiro atoms. The van der Waals surface area contributed by atoms with Crippen LogP contribution in [-0.2, 0) is 16.6 Å². The van der Waals surface area contributed by atoms with E-state index in [0.717, 1.165) is 5.69 Å². The van der Waals surface area contributed by atoms with Crippen LogP contribution in [-0.4, -0.2) is 26.4 Å². The highest BCUT2D eigenvalue weighted by atomic mass is 32.2. The van der Waals surface area contributed by atoms with Crippen molar-refractivity contribution in [3.8, 4) is 0 Å². The number of nitrogens with one attached hydrogen (secondary N) is 1. The van der Waals surface area contributed by atoms with Gasteiger partial charge in [0.15, 0.2) is 0 Å². The van der Waals surface area contributed by atoms with Crippen LogP contribution in [0.2, 0.25) is 0 Å². The summed E-state index contributed by atoms with van der Waals surface area (Å²) in [5.41, 5.74) is 1.70. The van der Waals surface area contributed by atoms with Gasteiger partial charge in [0.1, 0.15) is 4.21 Å². The Morgan fingerprint density at radius 1 is 1.12 bits per heavy atom. The first kappa shape index (κ1) is 18.1. The minimum absolute atomic E-state index is 0.244. The van der Waals surface area contributed by atoms with Crippen LogP contribution in [0.15, 0.2) is 70.4 Å². The quantitative estimate of drug-likeness (QED) is 0.705. The molecule has 0 fully saturated rings. The van der Waals surface area contributed by atoms with Crippen molar-refractivity contribution in [2.45, 2.75) is 10.8 Å². The van der Waals surface area contributed by atoms with Gasteiger partial charge in [0.25, 0.3) is 15.9 Å². The number of amides is 1. The number of anilines is 1. The van der Waals surface area contributed by atoms with Crippen molar-refractivity contribution in [2.24, 2.45) is 0 Å². The van der Waals surface area contributed by atoms with Gasteiger partial charge in [-0.15, -0.1) is 11.3 Å². The molecule has 0 atom stereocenters. The Balaban J connectivity index is 1.69. The maximum atomic E-state index is 12.5. The number of carbonyl (C=O) groups excluding carboxylic acids is 1. The second kappa shape index (κ2) is 7.67. The highest BCUT2D eigenvalue weighted by Gasteiger charge is 2.22. The SMILES string of the molecule is CN(c1ccc(C(=O)NCc2ccccn2)cc1)S(=O)(=O)c1cccs1. The van der Waals surface area contributed by atoms with E-state index in [4.69, 9.17) is 0 Å². The Morgan fingerprint density at radius 3 is 2.50 bits per heavy atom. The second-order valence-corrected chi connectivity index (χ2v) is 8.60. The van der Waals surface area contributed by atoms with Gasteiger partial charge >= 0.3 is 0 Å². The van der Waals surface area contributed by atoms with Gasteiger partial charge in [0, 0.05) is 18.8 Å². The summed E-state index contributed by atoms with van der Waals surface area (Å²) < 4.78 is 26.5. The first-order valence-electron chi connectivity index (χ1n) is 7.79. The average molecular weight is 387 g/mol. The molecule has 8 heteroatoms. The molecule has 26 heavy (non-hydrogen) atoms. The zero-order valence-corrected chi connectivity index (χ0v) is 15.6. The van der Waals surface area contributed by atoms with Crippen molar-refractivity contribution in [2.75, 3.05) is 11.4 Å². The number of thiophene rings is 1. The monoisotopic (exact) mass is 387 g/mol. The number of pyridine rings is 1. The van der Waals surface area contributed by atoms with E-state index < -0.39 is 10.0 Å². The molecule has 2 heterocycles. The number of carbonyl (C=O) groups is 1. The van der Waals surface area contributed by atoms with Crippen LogP contribution in [0.4, 0.5) is 5.69 Å². The lowest BCUT2D eigenvalue weighted by molar-refractivity contribution is 0.0950. The van der Waals surface area contributed by atoms with Crippen LogP contribution >= 0.6 is 11.3 Å². The zero-order valence-electron chi connectivity index (χ0n) is 14.0. The molecule has 0 saturated heterocycles. The molecule has 2 aromatic heterocycles. The first-order chi connectivity index (χ1) is 12.5. The topological polar surface area (TPSA) is 79.4 Å². The summed E-state index contributed by atoms with van der Waals surface area (Å²) in [5, 5.41) is 4.50. The molecule has 3 aromatic rings. The van der Waals surface area contributed by atoms with E-state index in [2.05, 4.69) is 10.3 Å². The maximum absolute atomic E-state index is 12.5. The number of nitrogens with zero attached hydrogens (tertiary/aromatic N) is 2. The van der Waals surface area contributed by atoms with Gasteiger partial charge < -0.3 is 5.32 Å². The average Bonchev–Trinajstić information content (AvgIpc) is 3.22. The molecule has 0 aliphatic rings. The smallest absolute Gasteiger partial charge is 0.273 e. The summed E-state index contributed by atoms with van der Waals surface area (Å²) in [4.78, 5) is 16.4. The fraction of sp³-hybridized carbons (Fsp3) is 0.111. The third-order valence-electron chi connectivity index (χ3n) is 3.76. The lowest BCUT2D eigenvalue weighted by Crippen LogP contribution is -2.26. The van der Waals surface area contributed by atoms with E-state index in [1.54, 1.807) is 48.0 Å². The standard InChI is InChI=1S/C18H17N3O3S2/c1-21(26(23,24)17-6-4-12-25-17)16-9-7-14(8-10-16)18(22)20-13-15-5-2-3-11-19-15/h2-12H,13H2,1H3,(H,20,22). The largest absolute Gasteiger partial charge is 0.346 e. The van der Waals surface area contributed by atoms with Crippen LogP contribution in [0, 0.1) is 0 Å². The van der Waals surface area contributed by atoms with E-state index in [9.17, 15) is 13.2 Å². The molecule has 0 aliphatic heterocycles. The Labute approximate surface area is 156 Å². The normalized spacial score (nSPS) is 11.1. The fourth-order valence-corrected chi connectivity index (χ4v) is 4.64. The number of hydrogen-bond acceptors (Lipinski definition) is 5. The van der Waals surface area contributed by atoms with Gasteiger partial charge in [0.2, 0.25) is 0 Å². The molecule has 134 valence electrons. The predicted molar refractivity (Wildman–Crippen MR) is 102 cm³/mol. The first-order valence-corrected chi connectivity index (χ1v) is 10.1. The third kappa shape index (κ3) is 3.92. The van der Waals surface area contributed by atoms with Gasteiger partial charge in [-0.25, -0.2) is 8.42 Å². The molecular formula is C18H17N3O3S2. The van der Waals surface area contributed by atoms with E-state index in [-0.39, 0.29) is 10.1 Å². The summed E-state index contributed by atoms with van der Waals surface area (Å²) in [6, 6.07) is 15.2. The van der Waals surface area contributed by atoms with Crippen LogP contribution in [0.5, 0.6) is 0 Å². The van der Waals surface area contributed by atoms with Gasteiger partial charge in [-0.2, -0.15) is 0 Å². The van der Waals surface area contributed by atoms with E-state index in [1.165, 1.54) is 22.7 Å². The molecular weight excluding hydrogens is 370 g/mol. The second-order valence-electron chi connectivity index (χ2n) is 5.46. The van der Waals surface area contributed by atoms with Crippen molar-refractivity contribution in [1.82, 2.24) is 10.3 Å². The van der Waals surface area contributed by atoms with Crippen LogP contribution < -0.4 is 9.62 Å². The van der Waals surface area contributed by atoms with Crippen molar-refractivity contribution in [1.29, 1.82) is 0 Å². The number of benzene rings is 1. The molecule has 0 aliphatic carbocycles. The molecule has 0 unspecified atom stereocenters. The summed E-state index contributed by atoms with van der Waals surface area (Å²) in [6.45, 7) is 0.327. The Bertz CT molecular complexity index is 970. The molecule has 0 radical (unpaired) electrons. The fourth-order valence-electron chi connectivity index (χ4n) is 2.28. The molecule has 6 nitrogen and oxygen atoms in total. The maximum Gasteiger partial charge on any atom is 0.273 e. The van der Waals surface area contributed by atoms with Crippen molar-refractivity contribution < 1.29 is 13.2 Å². The molecule has 1 aromatic carbocycles. The van der Waals surface area contributed by atoms with Crippen molar-refractivity contribution >= 4 is 33.0 Å². The minimum atomic E-state index is -3.59. The number of rotatable bonds is 6. The summed E-state index contributed by atoms with van der Waals surface area (Å²) >= 11 is 1.17. The Hall–Kier alpha value is -2.71. The van der Waals surface area contributed by atoms with E-state index >= 15 is 0 Å². The van der Waals surface area contributed by atoms with Gasteiger partial charge in [-0.3, -0.25) is 14.1 Å². The Morgan fingerprint density at radius 2 is 1.88 bits per heavy atom. The highest BCUT2D eigenvalue weighted by Crippen LogP contribution is 2.25. The number of sulfonamides is 1. The lowest BCUT2D eigenvalue weighted by Gasteiger charge is -2.18. The zero-order chi connectivity index (χ0) is 18.6. The highest BCUT2D eigenvalue weighted by molar-refractivity contribution is 7.94. The number of aromatic nitrogens is 1. The van der Waals surface area contributed by atoms with E-state index in [0.29, 0.717) is 17.8 Å². The van der Waals surface area contributed by atoms with Gasteiger partial charge in [-0.1, -0.05) is 12.1 Å². The molecule has 1 N–H and O–H groups in total. The molecule has 0 saturated carbocycles. The summed E-state index contributed by atoms with van der Waals surface area (Å²) in [7, 11) is -2.09.